The number of anilines is 4. The highest BCUT2D eigenvalue weighted by atomic mass is 16.5. The molecule has 0 spiro atoms. The number of aryl methyl sites for hydroxylation is 1. The van der Waals surface area contributed by atoms with Gasteiger partial charge in [-0.25, -0.2) is 4.98 Å². The molecule has 9 aromatic rings. The van der Waals surface area contributed by atoms with E-state index in [1.165, 1.54) is 34.5 Å². The fraction of sp³-hybridized carbons (Fsp3) is 0.230. The van der Waals surface area contributed by atoms with E-state index in [9.17, 15) is 0 Å². The predicted octanol–water partition coefficient (Wildman–Crippen LogP) is 16.8. The van der Waals surface area contributed by atoms with Crippen LogP contribution in [0.5, 0.6) is 11.5 Å². The molecular weight excluding hydrogens is 805 g/mol. The Labute approximate surface area is 402 Å². The molecule has 1 aliphatic rings. The van der Waals surface area contributed by atoms with Crippen LogP contribution in [0, 0.1) is 6.85 Å². The van der Waals surface area contributed by atoms with E-state index in [1.807, 2.05) is 59.2 Å². The third kappa shape index (κ3) is 8.02. The first-order valence-electron chi connectivity index (χ1n) is 26.6. The SMILES string of the molecule is [2H]c1c([2H])c([2H])c(-c2cnc(-n3c4ccccc4c4ccc(Oc5cccc(N6CN(c7cc(C(C)(C)C)cc(C(C)(C)C)c7)c7cc(-c8cccc(C(C)(C)C)c8)ccc76)c5)cc43)cc2C([2H])([2H])[2H])c([2H])c1[2H]. The molecule has 5 heteroatoms. The molecule has 0 N–H and O–H groups in total. The highest BCUT2D eigenvalue weighted by molar-refractivity contribution is 6.09. The summed E-state index contributed by atoms with van der Waals surface area (Å²) < 4.78 is 76.3. The number of rotatable bonds is 7. The van der Waals surface area contributed by atoms with E-state index in [2.05, 4.69) is 145 Å². The van der Waals surface area contributed by atoms with E-state index in [0.717, 1.165) is 44.6 Å². The Kier molecular flexibility index (Phi) is 8.36. The molecule has 330 valence electrons. The Morgan fingerprint density at radius 2 is 1.21 bits per heavy atom. The first kappa shape index (κ1) is 34.3. The van der Waals surface area contributed by atoms with Gasteiger partial charge in [-0.15, -0.1) is 0 Å². The first-order chi connectivity index (χ1) is 34.8. The maximum atomic E-state index is 8.64. The number of benzene rings is 7. The van der Waals surface area contributed by atoms with Crippen LogP contribution < -0.4 is 14.5 Å². The molecule has 0 aliphatic carbocycles. The van der Waals surface area contributed by atoms with Crippen molar-refractivity contribution in [2.75, 3.05) is 16.5 Å². The van der Waals surface area contributed by atoms with Crippen molar-refractivity contribution < 1.29 is 15.7 Å². The van der Waals surface area contributed by atoms with Crippen LogP contribution in [0.2, 0.25) is 0 Å². The molecule has 0 fully saturated rings. The fourth-order valence-electron chi connectivity index (χ4n) is 8.94. The van der Waals surface area contributed by atoms with E-state index in [1.54, 1.807) is 0 Å². The molecule has 0 unspecified atom stereocenters. The molecule has 0 saturated heterocycles. The summed E-state index contributed by atoms with van der Waals surface area (Å²) in [6, 6.07) is 43.1. The van der Waals surface area contributed by atoms with Gasteiger partial charge in [-0.1, -0.05) is 153 Å². The van der Waals surface area contributed by atoms with Gasteiger partial charge in [0, 0.05) is 50.2 Å². The Bertz CT molecular complexity index is 3650. The largest absolute Gasteiger partial charge is 0.457 e. The van der Waals surface area contributed by atoms with Crippen molar-refractivity contribution in [2.45, 2.75) is 85.4 Å². The molecule has 2 aromatic heterocycles. The molecule has 10 rings (SSSR count). The quantitative estimate of drug-likeness (QED) is 0.160. The zero-order valence-corrected chi connectivity index (χ0v) is 39.2. The lowest BCUT2D eigenvalue weighted by molar-refractivity contribution is 0.483. The number of hydrogen-bond donors (Lipinski definition) is 0. The lowest BCUT2D eigenvalue weighted by Crippen LogP contribution is -2.25. The second-order valence-electron chi connectivity index (χ2n) is 20.5. The van der Waals surface area contributed by atoms with Crippen LogP contribution in [0.3, 0.4) is 0 Å². The number of para-hydroxylation sites is 1. The number of aromatic nitrogens is 2. The normalized spacial score (nSPS) is 15.1. The summed E-state index contributed by atoms with van der Waals surface area (Å²) in [5.74, 6) is 1.45. The monoisotopic (exact) mass is 873 g/mol. The van der Waals surface area contributed by atoms with E-state index in [4.69, 9.17) is 20.7 Å². The average molecular weight is 873 g/mol. The second kappa shape index (κ2) is 16.1. The molecule has 1 aliphatic heterocycles. The Hall–Kier alpha value is -7.11. The van der Waals surface area contributed by atoms with Gasteiger partial charge >= 0.3 is 0 Å². The molecular formula is C61H60N4O. The van der Waals surface area contributed by atoms with Gasteiger partial charge in [0.05, 0.1) is 29.3 Å². The van der Waals surface area contributed by atoms with Crippen molar-refractivity contribution in [3.63, 3.8) is 0 Å². The highest BCUT2D eigenvalue weighted by Gasteiger charge is 2.31. The lowest BCUT2D eigenvalue weighted by atomic mass is 9.80. The van der Waals surface area contributed by atoms with E-state index in [0.29, 0.717) is 23.7 Å². The van der Waals surface area contributed by atoms with Gasteiger partial charge in [-0.05, 0) is 123 Å². The van der Waals surface area contributed by atoms with Gasteiger partial charge < -0.3 is 14.5 Å². The van der Waals surface area contributed by atoms with Crippen LogP contribution in [-0.2, 0) is 16.2 Å². The molecule has 5 nitrogen and oxygen atoms in total. The summed E-state index contributed by atoms with van der Waals surface area (Å²) in [4.78, 5) is 9.51. The van der Waals surface area contributed by atoms with E-state index >= 15 is 0 Å². The molecule has 0 amide bonds. The third-order valence-corrected chi connectivity index (χ3v) is 12.8. The lowest BCUT2D eigenvalue weighted by Gasteiger charge is -2.29. The predicted molar refractivity (Wildman–Crippen MR) is 279 cm³/mol. The maximum absolute atomic E-state index is 8.64. The van der Waals surface area contributed by atoms with Gasteiger partial charge in [-0.3, -0.25) is 4.57 Å². The summed E-state index contributed by atoms with van der Waals surface area (Å²) in [6.07, 6.45) is 1.30. The molecule has 66 heavy (non-hydrogen) atoms. The number of ether oxygens (including phenoxy) is 1. The van der Waals surface area contributed by atoms with Crippen molar-refractivity contribution in [3.8, 4) is 39.6 Å². The molecule has 3 heterocycles. The highest BCUT2D eigenvalue weighted by Crippen LogP contribution is 2.48. The number of hydrogen-bond acceptors (Lipinski definition) is 4. The van der Waals surface area contributed by atoms with Gasteiger partial charge in [0.15, 0.2) is 0 Å². The Balaban J connectivity index is 1.06. The topological polar surface area (TPSA) is 33.5 Å². The van der Waals surface area contributed by atoms with Crippen molar-refractivity contribution in [1.29, 1.82) is 0 Å². The molecule has 0 bridgehead atoms. The molecule has 7 aromatic carbocycles. The van der Waals surface area contributed by atoms with Crippen LogP contribution >= 0.6 is 0 Å². The minimum absolute atomic E-state index is 0.00145. The van der Waals surface area contributed by atoms with Gasteiger partial charge in [0.2, 0.25) is 0 Å². The number of nitrogens with zero attached hydrogens (tertiary/aromatic N) is 4. The fourth-order valence-corrected chi connectivity index (χ4v) is 8.94. The molecule has 0 saturated carbocycles. The Morgan fingerprint density at radius 3 is 1.95 bits per heavy atom. The summed E-state index contributed by atoms with van der Waals surface area (Å²) in [5, 5.41) is 1.80. The smallest absolute Gasteiger partial charge is 0.137 e. The zero-order chi connectivity index (χ0) is 53.0. The zero-order valence-electron chi connectivity index (χ0n) is 47.2. The third-order valence-electron chi connectivity index (χ3n) is 12.8. The summed E-state index contributed by atoms with van der Waals surface area (Å²) in [6.45, 7) is 18.2. The van der Waals surface area contributed by atoms with Crippen molar-refractivity contribution in [3.05, 3.63) is 192 Å². The van der Waals surface area contributed by atoms with Crippen LogP contribution in [0.25, 0.3) is 49.9 Å². The number of pyridine rings is 1. The van der Waals surface area contributed by atoms with Gasteiger partial charge in [0.25, 0.3) is 0 Å². The van der Waals surface area contributed by atoms with Crippen LogP contribution in [-0.4, -0.2) is 16.2 Å². The van der Waals surface area contributed by atoms with Crippen LogP contribution in [0.15, 0.2) is 170 Å². The molecule has 0 radical (unpaired) electrons. The van der Waals surface area contributed by atoms with Crippen molar-refractivity contribution in [1.82, 2.24) is 9.55 Å². The summed E-state index contributed by atoms with van der Waals surface area (Å²) >= 11 is 0. The Morgan fingerprint density at radius 1 is 0.530 bits per heavy atom. The van der Waals surface area contributed by atoms with Crippen molar-refractivity contribution in [2.24, 2.45) is 0 Å². The number of fused-ring (bicyclic) bond motifs is 4. The first-order valence-corrected chi connectivity index (χ1v) is 22.6. The second-order valence-corrected chi connectivity index (χ2v) is 20.5. The summed E-state index contributed by atoms with van der Waals surface area (Å²) in [5.41, 5.74) is 11.3. The maximum Gasteiger partial charge on any atom is 0.137 e. The average Bonchev–Trinajstić information content (AvgIpc) is 3.90. The summed E-state index contributed by atoms with van der Waals surface area (Å²) in [7, 11) is 0. The standard InChI is InChI=1S/C61H60N4O/c1-40-30-58(62-38-53(40)41-18-12-11-13-19-41)65-54-25-15-14-24-51(54)52-28-27-50(37-56(52)65)66-49-23-17-22-47(36-49)63-39-64(48-34-45(60(5,6)7)33-46(35-48)61(8,9)10)57-32-43(26-29-55(57)63)42-20-16-21-44(31-42)59(2,3)4/h11-38H,39H2,1-10H3/i1D3,11D,12D,13D,18D,19D. The minimum Gasteiger partial charge on any atom is -0.457 e. The van der Waals surface area contributed by atoms with Crippen LogP contribution in [0.4, 0.5) is 22.7 Å². The van der Waals surface area contributed by atoms with Crippen LogP contribution in [0.1, 0.15) is 95.5 Å². The molecule has 0 atom stereocenters. The van der Waals surface area contributed by atoms with Gasteiger partial charge in [-0.2, -0.15) is 0 Å². The van der Waals surface area contributed by atoms with E-state index in [-0.39, 0.29) is 38.8 Å². The minimum atomic E-state index is -2.73. The van der Waals surface area contributed by atoms with E-state index < -0.39 is 37.1 Å². The van der Waals surface area contributed by atoms with Gasteiger partial charge in [0.1, 0.15) is 24.0 Å². The van der Waals surface area contributed by atoms with Crippen molar-refractivity contribution >= 4 is 44.6 Å².